The molecule has 0 aliphatic heterocycles. The molecule has 0 unspecified atom stereocenters. The van der Waals surface area contributed by atoms with Crippen molar-refractivity contribution in [2.45, 2.75) is 6.92 Å². The number of aromatic nitrogens is 3. The first-order chi connectivity index (χ1) is 6.66. The highest BCUT2D eigenvalue weighted by Gasteiger charge is 2.03. The summed E-state index contributed by atoms with van der Waals surface area (Å²) in [7, 11) is 0. The van der Waals surface area contributed by atoms with Crippen LogP contribution in [-0.4, -0.2) is 14.5 Å². The molecule has 3 nitrogen and oxygen atoms in total. The lowest BCUT2D eigenvalue weighted by atomic mass is 10.4. The Morgan fingerprint density at radius 1 is 1.21 bits per heavy atom. The fourth-order valence-electron chi connectivity index (χ4n) is 1.21. The van der Waals surface area contributed by atoms with Gasteiger partial charge in [0.2, 0.25) is 0 Å². The molecule has 2 aromatic heterocycles. The maximum Gasteiger partial charge on any atom is 0.147 e. The summed E-state index contributed by atoms with van der Waals surface area (Å²) in [6.45, 7) is 1.88. The number of hydrogen-bond donors (Lipinski definition) is 0. The van der Waals surface area contributed by atoms with Crippen LogP contribution >= 0.6 is 23.2 Å². The highest BCUT2D eigenvalue weighted by atomic mass is 35.5. The molecular formula is C9H7Cl2N3. The van der Waals surface area contributed by atoms with Gasteiger partial charge in [-0.05, 0) is 19.1 Å². The number of pyridine rings is 1. The predicted octanol–water partition coefficient (Wildman–Crippen LogP) is 2.88. The Balaban J connectivity index is 2.49. The molecule has 0 saturated heterocycles. The topological polar surface area (TPSA) is 30.7 Å². The van der Waals surface area contributed by atoms with Crippen molar-refractivity contribution >= 4 is 23.2 Å². The highest BCUT2D eigenvalue weighted by Crippen LogP contribution is 2.15. The molecule has 2 aromatic rings. The standard InChI is InChI=1S/C9H7Cl2N3/c1-6-13-9(11)5-14(6)7-2-3-8(10)12-4-7/h2-5H,1H3. The van der Waals surface area contributed by atoms with Crippen LogP contribution in [0.15, 0.2) is 24.5 Å². The molecule has 0 aliphatic rings. The van der Waals surface area contributed by atoms with Crippen LogP contribution in [-0.2, 0) is 0 Å². The minimum Gasteiger partial charge on any atom is -0.301 e. The molecular weight excluding hydrogens is 221 g/mol. The van der Waals surface area contributed by atoms with Gasteiger partial charge in [0.25, 0.3) is 0 Å². The van der Waals surface area contributed by atoms with E-state index in [1.54, 1.807) is 18.5 Å². The van der Waals surface area contributed by atoms with Crippen molar-refractivity contribution in [2.75, 3.05) is 0 Å². The third-order valence-electron chi connectivity index (χ3n) is 1.84. The van der Waals surface area contributed by atoms with E-state index in [0.717, 1.165) is 11.5 Å². The van der Waals surface area contributed by atoms with Gasteiger partial charge in [0, 0.05) is 6.20 Å². The van der Waals surface area contributed by atoms with E-state index in [0.29, 0.717) is 10.3 Å². The zero-order valence-corrected chi connectivity index (χ0v) is 8.92. The molecule has 0 bridgehead atoms. The summed E-state index contributed by atoms with van der Waals surface area (Å²) in [6, 6.07) is 3.59. The van der Waals surface area contributed by atoms with E-state index in [4.69, 9.17) is 23.2 Å². The Labute approximate surface area is 91.3 Å². The number of halogens is 2. The third kappa shape index (κ3) is 1.74. The van der Waals surface area contributed by atoms with Crippen LogP contribution in [0.2, 0.25) is 10.3 Å². The average Bonchev–Trinajstić information content (AvgIpc) is 2.47. The van der Waals surface area contributed by atoms with Crippen LogP contribution < -0.4 is 0 Å². The second kappa shape index (κ2) is 3.59. The fraction of sp³-hybridized carbons (Fsp3) is 0.111. The Bertz CT molecular complexity index is 448. The van der Waals surface area contributed by atoms with Gasteiger partial charge in [-0.2, -0.15) is 0 Å². The normalized spacial score (nSPS) is 10.5. The van der Waals surface area contributed by atoms with Gasteiger partial charge in [0.15, 0.2) is 0 Å². The lowest BCUT2D eigenvalue weighted by molar-refractivity contribution is 0.965. The molecule has 0 spiro atoms. The zero-order chi connectivity index (χ0) is 10.1. The maximum atomic E-state index is 5.77. The number of imidazole rings is 1. The summed E-state index contributed by atoms with van der Waals surface area (Å²) in [4.78, 5) is 8.06. The van der Waals surface area contributed by atoms with Gasteiger partial charge in [-0.1, -0.05) is 23.2 Å². The Hall–Kier alpha value is -1.06. The van der Waals surface area contributed by atoms with Gasteiger partial charge in [-0.3, -0.25) is 0 Å². The molecule has 0 saturated carbocycles. The van der Waals surface area contributed by atoms with Gasteiger partial charge >= 0.3 is 0 Å². The minimum absolute atomic E-state index is 0.470. The molecule has 0 atom stereocenters. The number of hydrogen-bond acceptors (Lipinski definition) is 2. The largest absolute Gasteiger partial charge is 0.301 e. The summed E-state index contributed by atoms with van der Waals surface area (Å²) in [5.41, 5.74) is 0.895. The molecule has 0 amide bonds. The molecule has 2 heterocycles. The quantitative estimate of drug-likeness (QED) is 0.702. The van der Waals surface area contributed by atoms with Crippen LogP contribution in [0.5, 0.6) is 0 Å². The molecule has 2 rings (SSSR count). The first-order valence-corrected chi connectivity index (χ1v) is 4.76. The summed E-state index contributed by atoms with van der Waals surface area (Å²) in [5, 5.41) is 0.940. The van der Waals surface area contributed by atoms with Crippen LogP contribution in [0.25, 0.3) is 5.69 Å². The van der Waals surface area contributed by atoms with Crippen LogP contribution in [0.3, 0.4) is 0 Å². The summed E-state index contributed by atoms with van der Waals surface area (Å²) in [6.07, 6.45) is 3.41. The van der Waals surface area contributed by atoms with Crippen molar-refractivity contribution in [3.63, 3.8) is 0 Å². The fourth-order valence-corrected chi connectivity index (χ4v) is 1.54. The van der Waals surface area contributed by atoms with E-state index in [2.05, 4.69) is 9.97 Å². The van der Waals surface area contributed by atoms with Crippen molar-refractivity contribution in [3.05, 3.63) is 40.7 Å². The Morgan fingerprint density at radius 2 is 2.00 bits per heavy atom. The molecule has 0 N–H and O–H groups in total. The van der Waals surface area contributed by atoms with Gasteiger partial charge in [0.1, 0.15) is 16.1 Å². The molecule has 72 valence electrons. The van der Waals surface area contributed by atoms with Crippen molar-refractivity contribution in [2.24, 2.45) is 0 Å². The Kier molecular flexibility index (Phi) is 2.44. The van der Waals surface area contributed by atoms with Crippen molar-refractivity contribution < 1.29 is 0 Å². The van der Waals surface area contributed by atoms with E-state index in [-0.39, 0.29) is 0 Å². The number of rotatable bonds is 1. The van der Waals surface area contributed by atoms with E-state index in [1.807, 2.05) is 17.6 Å². The van der Waals surface area contributed by atoms with Crippen LogP contribution in [0.4, 0.5) is 0 Å². The van der Waals surface area contributed by atoms with Gasteiger partial charge in [-0.15, -0.1) is 0 Å². The molecule has 0 aliphatic carbocycles. The van der Waals surface area contributed by atoms with E-state index < -0.39 is 0 Å². The Morgan fingerprint density at radius 3 is 2.50 bits per heavy atom. The monoisotopic (exact) mass is 227 g/mol. The van der Waals surface area contributed by atoms with Crippen molar-refractivity contribution in [3.8, 4) is 5.69 Å². The van der Waals surface area contributed by atoms with E-state index in [1.165, 1.54) is 0 Å². The predicted molar refractivity (Wildman–Crippen MR) is 56.1 cm³/mol. The lowest BCUT2D eigenvalue weighted by Gasteiger charge is -2.02. The van der Waals surface area contributed by atoms with Gasteiger partial charge in [0.05, 0.1) is 11.9 Å². The van der Waals surface area contributed by atoms with E-state index >= 15 is 0 Å². The molecule has 0 aromatic carbocycles. The number of nitrogens with zero attached hydrogens (tertiary/aromatic N) is 3. The van der Waals surface area contributed by atoms with E-state index in [9.17, 15) is 0 Å². The van der Waals surface area contributed by atoms with Crippen LogP contribution in [0.1, 0.15) is 5.82 Å². The maximum absolute atomic E-state index is 5.77. The zero-order valence-electron chi connectivity index (χ0n) is 7.41. The molecule has 5 heteroatoms. The smallest absolute Gasteiger partial charge is 0.147 e. The summed E-state index contributed by atoms with van der Waals surface area (Å²) in [5.74, 6) is 0.819. The molecule has 14 heavy (non-hydrogen) atoms. The first-order valence-electron chi connectivity index (χ1n) is 4.00. The second-order valence-corrected chi connectivity index (χ2v) is 3.59. The van der Waals surface area contributed by atoms with Crippen LogP contribution in [0, 0.1) is 6.92 Å². The summed E-state index contributed by atoms with van der Waals surface area (Å²) >= 11 is 11.5. The van der Waals surface area contributed by atoms with Gasteiger partial charge < -0.3 is 4.57 Å². The van der Waals surface area contributed by atoms with Gasteiger partial charge in [-0.25, -0.2) is 9.97 Å². The lowest BCUT2D eigenvalue weighted by Crippen LogP contribution is -1.95. The second-order valence-electron chi connectivity index (χ2n) is 2.82. The molecule has 0 fully saturated rings. The highest BCUT2D eigenvalue weighted by molar-refractivity contribution is 6.29. The number of aryl methyl sites for hydroxylation is 1. The van der Waals surface area contributed by atoms with Crippen molar-refractivity contribution in [1.82, 2.24) is 14.5 Å². The van der Waals surface area contributed by atoms with Crippen molar-refractivity contribution in [1.29, 1.82) is 0 Å². The minimum atomic E-state index is 0.470. The summed E-state index contributed by atoms with van der Waals surface area (Å²) < 4.78 is 1.85. The SMILES string of the molecule is Cc1nc(Cl)cn1-c1ccc(Cl)nc1. The third-order valence-corrected chi connectivity index (χ3v) is 2.25. The molecule has 0 radical (unpaired) electrons. The first kappa shape index (κ1) is 9.49. The average molecular weight is 228 g/mol.